The molecular weight excluding hydrogens is 429 g/mol. The Bertz CT molecular complexity index is 917. The molecule has 1 aliphatic rings. The molecule has 0 atom stereocenters. The van der Waals surface area contributed by atoms with Crippen LogP contribution in [0.2, 0.25) is 0 Å². The zero-order valence-electron chi connectivity index (χ0n) is 20.8. The maximum absolute atomic E-state index is 13.3. The Kier molecular flexibility index (Phi) is 9.22. The molecule has 0 N–H and O–H groups in total. The SMILES string of the molecule is CC(C)(C)CC(=O)N(CCN1CCN(C(=O)CCc2ccccc2)CC1)Cc1ccc(F)cc1. The Morgan fingerprint density at radius 2 is 1.56 bits per heavy atom. The molecule has 184 valence electrons. The van der Waals surface area contributed by atoms with Crippen molar-refractivity contribution in [3.8, 4) is 0 Å². The molecule has 3 rings (SSSR count). The fraction of sp³-hybridized carbons (Fsp3) is 0.500. The Morgan fingerprint density at radius 1 is 0.912 bits per heavy atom. The van der Waals surface area contributed by atoms with Crippen molar-refractivity contribution < 1.29 is 14.0 Å². The third kappa shape index (κ3) is 8.56. The van der Waals surface area contributed by atoms with Crippen LogP contribution in [-0.4, -0.2) is 65.8 Å². The molecule has 0 saturated carbocycles. The van der Waals surface area contributed by atoms with Gasteiger partial charge in [0.25, 0.3) is 0 Å². The number of carbonyl (C=O) groups is 2. The number of hydrogen-bond donors (Lipinski definition) is 0. The molecule has 5 nitrogen and oxygen atoms in total. The Morgan fingerprint density at radius 3 is 2.18 bits per heavy atom. The van der Waals surface area contributed by atoms with E-state index in [9.17, 15) is 14.0 Å². The van der Waals surface area contributed by atoms with Gasteiger partial charge < -0.3 is 9.80 Å². The van der Waals surface area contributed by atoms with E-state index in [0.29, 0.717) is 25.9 Å². The van der Waals surface area contributed by atoms with E-state index in [2.05, 4.69) is 37.8 Å². The summed E-state index contributed by atoms with van der Waals surface area (Å²) in [7, 11) is 0. The molecule has 34 heavy (non-hydrogen) atoms. The van der Waals surface area contributed by atoms with Crippen LogP contribution in [0.15, 0.2) is 54.6 Å². The minimum absolute atomic E-state index is 0.0934. The molecule has 0 unspecified atom stereocenters. The summed E-state index contributed by atoms with van der Waals surface area (Å²) >= 11 is 0. The lowest BCUT2D eigenvalue weighted by Gasteiger charge is -2.36. The monoisotopic (exact) mass is 467 g/mol. The average molecular weight is 468 g/mol. The number of aryl methyl sites for hydroxylation is 1. The van der Waals surface area contributed by atoms with Crippen molar-refractivity contribution in [2.45, 2.75) is 46.6 Å². The highest BCUT2D eigenvalue weighted by Gasteiger charge is 2.24. The van der Waals surface area contributed by atoms with Crippen LogP contribution in [0.3, 0.4) is 0 Å². The van der Waals surface area contributed by atoms with Crippen LogP contribution < -0.4 is 0 Å². The maximum atomic E-state index is 13.3. The van der Waals surface area contributed by atoms with Crippen molar-refractivity contribution >= 4 is 11.8 Å². The van der Waals surface area contributed by atoms with Gasteiger partial charge >= 0.3 is 0 Å². The number of rotatable bonds is 9. The van der Waals surface area contributed by atoms with E-state index in [1.807, 2.05) is 28.0 Å². The van der Waals surface area contributed by atoms with Crippen LogP contribution in [0.5, 0.6) is 0 Å². The summed E-state index contributed by atoms with van der Waals surface area (Å²) < 4.78 is 13.3. The number of nitrogens with zero attached hydrogens (tertiary/aromatic N) is 3. The summed E-state index contributed by atoms with van der Waals surface area (Å²) in [5.41, 5.74) is 2.03. The Labute approximate surface area is 203 Å². The first-order valence-electron chi connectivity index (χ1n) is 12.3. The van der Waals surface area contributed by atoms with Crippen molar-refractivity contribution in [1.82, 2.24) is 14.7 Å². The van der Waals surface area contributed by atoms with Gasteiger partial charge in [0, 0.05) is 58.7 Å². The van der Waals surface area contributed by atoms with E-state index in [-0.39, 0.29) is 23.0 Å². The van der Waals surface area contributed by atoms with Crippen LogP contribution >= 0.6 is 0 Å². The summed E-state index contributed by atoms with van der Waals surface area (Å²) in [5, 5.41) is 0. The van der Waals surface area contributed by atoms with Crippen LogP contribution in [0.1, 0.15) is 44.7 Å². The first kappa shape index (κ1) is 25.9. The van der Waals surface area contributed by atoms with Crippen molar-refractivity contribution in [3.63, 3.8) is 0 Å². The number of hydrogen-bond acceptors (Lipinski definition) is 3. The number of halogens is 1. The second kappa shape index (κ2) is 12.1. The number of carbonyl (C=O) groups excluding carboxylic acids is 2. The quantitative estimate of drug-likeness (QED) is 0.550. The lowest BCUT2D eigenvalue weighted by Crippen LogP contribution is -2.50. The zero-order valence-corrected chi connectivity index (χ0v) is 20.8. The fourth-order valence-corrected chi connectivity index (χ4v) is 4.20. The Hall–Kier alpha value is -2.73. The molecule has 1 aliphatic heterocycles. The molecule has 0 bridgehead atoms. The van der Waals surface area contributed by atoms with Crippen LogP contribution in [0.4, 0.5) is 4.39 Å². The van der Waals surface area contributed by atoms with Gasteiger partial charge in [-0.15, -0.1) is 0 Å². The molecule has 2 aromatic rings. The fourth-order valence-electron chi connectivity index (χ4n) is 4.20. The van der Waals surface area contributed by atoms with Gasteiger partial charge in [0.05, 0.1) is 0 Å². The lowest BCUT2D eigenvalue weighted by molar-refractivity contribution is -0.134. The molecule has 1 heterocycles. The summed E-state index contributed by atoms with van der Waals surface area (Å²) in [6, 6.07) is 16.5. The molecule has 0 spiro atoms. The van der Waals surface area contributed by atoms with Gasteiger partial charge in [-0.2, -0.15) is 0 Å². The molecule has 1 saturated heterocycles. The smallest absolute Gasteiger partial charge is 0.223 e. The largest absolute Gasteiger partial charge is 0.340 e. The molecule has 0 radical (unpaired) electrons. The first-order chi connectivity index (χ1) is 16.2. The topological polar surface area (TPSA) is 43.9 Å². The highest BCUT2D eigenvalue weighted by molar-refractivity contribution is 5.77. The summed E-state index contributed by atoms with van der Waals surface area (Å²) in [4.78, 5) is 31.8. The predicted octanol–water partition coefficient (Wildman–Crippen LogP) is 4.37. The van der Waals surface area contributed by atoms with E-state index in [0.717, 1.165) is 44.7 Å². The van der Waals surface area contributed by atoms with Crippen LogP contribution in [0, 0.1) is 11.2 Å². The average Bonchev–Trinajstić information content (AvgIpc) is 2.81. The van der Waals surface area contributed by atoms with Crippen molar-refractivity contribution in [1.29, 1.82) is 0 Å². The van der Waals surface area contributed by atoms with Gasteiger partial charge in [-0.25, -0.2) is 4.39 Å². The molecule has 6 heteroatoms. The van der Waals surface area contributed by atoms with E-state index in [1.165, 1.54) is 17.7 Å². The van der Waals surface area contributed by atoms with E-state index in [1.54, 1.807) is 12.1 Å². The highest BCUT2D eigenvalue weighted by atomic mass is 19.1. The Balaban J connectivity index is 1.48. The number of amides is 2. The van der Waals surface area contributed by atoms with Crippen LogP contribution in [0.25, 0.3) is 0 Å². The van der Waals surface area contributed by atoms with Crippen molar-refractivity contribution in [2.24, 2.45) is 5.41 Å². The molecule has 0 aromatic heterocycles. The molecule has 2 aromatic carbocycles. The number of benzene rings is 2. The van der Waals surface area contributed by atoms with E-state index in [4.69, 9.17) is 0 Å². The van der Waals surface area contributed by atoms with Gasteiger partial charge in [0.15, 0.2) is 0 Å². The van der Waals surface area contributed by atoms with Crippen molar-refractivity contribution in [2.75, 3.05) is 39.3 Å². The second-order valence-electron chi connectivity index (χ2n) is 10.4. The van der Waals surface area contributed by atoms with E-state index < -0.39 is 0 Å². The van der Waals surface area contributed by atoms with Crippen molar-refractivity contribution in [3.05, 3.63) is 71.5 Å². The van der Waals surface area contributed by atoms with E-state index >= 15 is 0 Å². The molecule has 1 fully saturated rings. The van der Waals surface area contributed by atoms with Gasteiger partial charge in [-0.3, -0.25) is 14.5 Å². The first-order valence-corrected chi connectivity index (χ1v) is 12.3. The number of piperazine rings is 1. The normalized spacial score (nSPS) is 14.8. The standard InChI is InChI=1S/C28H38FN3O2/c1-28(2,3)21-27(34)32(22-24-9-12-25(29)13-10-24)20-17-30-15-18-31(19-16-30)26(33)14-11-23-7-5-4-6-8-23/h4-10,12-13H,11,14-22H2,1-3H3. The minimum Gasteiger partial charge on any atom is -0.340 e. The molecule has 2 amide bonds. The van der Waals surface area contributed by atoms with Gasteiger partial charge in [-0.05, 0) is 35.1 Å². The third-order valence-electron chi connectivity index (χ3n) is 6.20. The van der Waals surface area contributed by atoms with Gasteiger partial charge in [-0.1, -0.05) is 63.2 Å². The minimum atomic E-state index is -0.271. The van der Waals surface area contributed by atoms with Crippen LogP contribution in [-0.2, 0) is 22.6 Å². The third-order valence-corrected chi connectivity index (χ3v) is 6.20. The summed E-state index contributed by atoms with van der Waals surface area (Å²) in [6.45, 7) is 11.1. The zero-order chi connectivity index (χ0) is 24.6. The van der Waals surface area contributed by atoms with Gasteiger partial charge in [0.2, 0.25) is 11.8 Å². The highest BCUT2D eigenvalue weighted by Crippen LogP contribution is 2.21. The van der Waals surface area contributed by atoms with Gasteiger partial charge in [0.1, 0.15) is 5.82 Å². The predicted molar refractivity (Wildman–Crippen MR) is 134 cm³/mol. The summed E-state index contributed by atoms with van der Waals surface area (Å²) in [6.07, 6.45) is 1.78. The molecular formula is C28H38FN3O2. The molecule has 0 aliphatic carbocycles. The second-order valence-corrected chi connectivity index (χ2v) is 10.4. The summed E-state index contributed by atoms with van der Waals surface area (Å²) in [5.74, 6) is 0.0563. The lowest BCUT2D eigenvalue weighted by atomic mass is 9.91. The maximum Gasteiger partial charge on any atom is 0.223 e.